The molecule has 0 atom stereocenters. The monoisotopic (exact) mass is 215 g/mol. The maximum absolute atomic E-state index is 12.6. The zero-order valence-electron chi connectivity index (χ0n) is 7.00. The smallest absolute Gasteiger partial charge is 0.267 e. The van der Waals surface area contributed by atoms with Gasteiger partial charge in [0.25, 0.3) is 6.43 Å². The molecule has 0 unspecified atom stereocenters. The van der Waals surface area contributed by atoms with Crippen LogP contribution in [0, 0.1) is 0 Å². The fraction of sp³-hybridized carbons (Fsp3) is 0.111. The number of phenolic OH excluding ortho intramolecular Hbond substituents is 1. The molecule has 2 rings (SSSR count). The van der Waals surface area contributed by atoms with E-state index in [4.69, 9.17) is 5.73 Å². The summed E-state index contributed by atoms with van der Waals surface area (Å²) in [4.78, 5) is 0. The lowest BCUT2D eigenvalue weighted by Gasteiger charge is -2.07. The number of hydrogen-bond acceptors (Lipinski definition) is 3. The van der Waals surface area contributed by atoms with Gasteiger partial charge >= 0.3 is 0 Å². The van der Waals surface area contributed by atoms with Crippen molar-refractivity contribution in [3.63, 3.8) is 0 Å². The Morgan fingerprint density at radius 1 is 1.43 bits per heavy atom. The maximum Gasteiger partial charge on any atom is 0.267 e. The highest BCUT2D eigenvalue weighted by Crippen LogP contribution is 2.40. The maximum atomic E-state index is 12.6. The fourth-order valence-corrected chi connectivity index (χ4v) is 2.35. The van der Waals surface area contributed by atoms with Crippen molar-refractivity contribution >= 4 is 27.1 Å². The van der Waals surface area contributed by atoms with E-state index in [1.165, 1.54) is 0 Å². The number of aromatic hydroxyl groups is 1. The summed E-state index contributed by atoms with van der Waals surface area (Å²) in [7, 11) is 0. The quantitative estimate of drug-likeness (QED) is 0.718. The molecule has 2 nitrogen and oxygen atoms in total. The van der Waals surface area contributed by atoms with Crippen molar-refractivity contribution in [2.24, 2.45) is 0 Å². The number of alkyl halides is 2. The molecule has 0 saturated heterocycles. The highest BCUT2D eigenvalue weighted by Gasteiger charge is 2.18. The van der Waals surface area contributed by atoms with E-state index >= 15 is 0 Å². The molecule has 2 aromatic rings. The fourth-order valence-electron chi connectivity index (χ4n) is 1.38. The van der Waals surface area contributed by atoms with Crippen LogP contribution in [0.15, 0.2) is 17.5 Å². The van der Waals surface area contributed by atoms with Gasteiger partial charge in [-0.2, -0.15) is 0 Å². The number of nitrogens with two attached hydrogens (primary N) is 1. The Labute approximate surface area is 82.6 Å². The van der Waals surface area contributed by atoms with Crippen molar-refractivity contribution in [2.75, 3.05) is 5.73 Å². The number of phenols is 1. The molecule has 0 saturated carbocycles. The van der Waals surface area contributed by atoms with E-state index in [9.17, 15) is 13.9 Å². The molecule has 0 bridgehead atoms. The third kappa shape index (κ3) is 1.21. The van der Waals surface area contributed by atoms with Gasteiger partial charge in [-0.15, -0.1) is 11.3 Å². The summed E-state index contributed by atoms with van der Waals surface area (Å²) in [5, 5.41) is 11.5. The van der Waals surface area contributed by atoms with Crippen LogP contribution in [0.4, 0.5) is 14.5 Å². The van der Waals surface area contributed by atoms with Crippen molar-refractivity contribution in [3.8, 4) is 5.75 Å². The van der Waals surface area contributed by atoms with Crippen molar-refractivity contribution in [1.29, 1.82) is 0 Å². The minimum absolute atomic E-state index is 0.0526. The normalized spacial score (nSPS) is 11.4. The van der Waals surface area contributed by atoms with Crippen LogP contribution in [0.5, 0.6) is 5.75 Å². The van der Waals surface area contributed by atoms with Crippen molar-refractivity contribution in [2.45, 2.75) is 6.43 Å². The highest BCUT2D eigenvalue weighted by molar-refractivity contribution is 7.17. The average Bonchev–Trinajstić information content (AvgIpc) is 2.51. The average molecular weight is 215 g/mol. The van der Waals surface area contributed by atoms with E-state index in [0.717, 1.165) is 17.4 Å². The Kier molecular flexibility index (Phi) is 2.03. The second-order valence-electron chi connectivity index (χ2n) is 2.86. The minimum atomic E-state index is -2.61. The molecule has 0 aliphatic heterocycles. The molecule has 0 spiro atoms. The van der Waals surface area contributed by atoms with Gasteiger partial charge in [-0.05, 0) is 11.4 Å². The van der Waals surface area contributed by atoms with Crippen LogP contribution in [-0.4, -0.2) is 5.11 Å². The number of nitrogen functional groups attached to an aromatic ring is 1. The molecule has 0 aliphatic rings. The molecule has 14 heavy (non-hydrogen) atoms. The first kappa shape index (κ1) is 9.21. The second-order valence-corrected chi connectivity index (χ2v) is 3.78. The van der Waals surface area contributed by atoms with Gasteiger partial charge in [0.05, 0.1) is 5.56 Å². The summed E-state index contributed by atoms with van der Waals surface area (Å²) >= 11 is 1.15. The third-order valence-corrected chi connectivity index (χ3v) is 2.95. The number of rotatable bonds is 1. The molecule has 5 heteroatoms. The first-order valence-corrected chi connectivity index (χ1v) is 4.76. The first-order chi connectivity index (χ1) is 6.61. The molecule has 0 radical (unpaired) electrons. The molecular formula is C9H7F2NOS. The summed E-state index contributed by atoms with van der Waals surface area (Å²) in [6.45, 7) is 0. The Morgan fingerprint density at radius 3 is 2.79 bits per heavy atom. The molecule has 74 valence electrons. The number of fused-ring (bicyclic) bond motifs is 1. The Morgan fingerprint density at radius 2 is 2.14 bits per heavy atom. The number of halogens is 2. The zero-order chi connectivity index (χ0) is 10.3. The van der Waals surface area contributed by atoms with Crippen molar-refractivity contribution < 1.29 is 13.9 Å². The van der Waals surface area contributed by atoms with Crippen LogP contribution in [0.3, 0.4) is 0 Å². The van der Waals surface area contributed by atoms with Gasteiger partial charge < -0.3 is 10.8 Å². The summed E-state index contributed by atoms with van der Waals surface area (Å²) in [6.07, 6.45) is -2.61. The summed E-state index contributed by atoms with van der Waals surface area (Å²) < 4.78 is 25.6. The standard InChI is InChI=1S/C9H7F2NOS/c10-9(11)7-5(12)3-6(13)4-1-2-14-8(4)7/h1-3,9,13H,12H2. The van der Waals surface area contributed by atoms with E-state index in [1.807, 2.05) is 0 Å². The largest absolute Gasteiger partial charge is 0.507 e. The van der Waals surface area contributed by atoms with Gasteiger partial charge in [-0.25, -0.2) is 8.78 Å². The van der Waals surface area contributed by atoms with Crippen LogP contribution < -0.4 is 5.73 Å². The van der Waals surface area contributed by atoms with E-state index < -0.39 is 6.43 Å². The molecule has 0 fully saturated rings. The number of benzene rings is 1. The van der Waals surface area contributed by atoms with Crippen LogP contribution >= 0.6 is 11.3 Å². The number of thiophene rings is 1. The van der Waals surface area contributed by atoms with Gasteiger partial charge in [0.15, 0.2) is 0 Å². The van der Waals surface area contributed by atoms with Crippen molar-refractivity contribution in [3.05, 3.63) is 23.1 Å². The van der Waals surface area contributed by atoms with Crippen LogP contribution in [-0.2, 0) is 0 Å². The van der Waals surface area contributed by atoms with Crippen LogP contribution in [0.1, 0.15) is 12.0 Å². The summed E-state index contributed by atoms with van der Waals surface area (Å²) in [5.41, 5.74) is 5.16. The molecule has 0 aliphatic carbocycles. The summed E-state index contributed by atoms with van der Waals surface area (Å²) in [6, 6.07) is 2.76. The zero-order valence-corrected chi connectivity index (χ0v) is 7.81. The second kappa shape index (κ2) is 3.09. The molecule has 1 aromatic carbocycles. The van der Waals surface area contributed by atoms with Gasteiger partial charge in [-0.3, -0.25) is 0 Å². The predicted molar refractivity (Wildman–Crippen MR) is 52.9 cm³/mol. The first-order valence-electron chi connectivity index (χ1n) is 3.88. The van der Waals surface area contributed by atoms with Crippen molar-refractivity contribution in [1.82, 2.24) is 0 Å². The summed E-state index contributed by atoms with van der Waals surface area (Å²) in [5.74, 6) is -0.0526. The van der Waals surface area contributed by atoms with Gasteiger partial charge in [0, 0.05) is 21.8 Å². The Balaban J connectivity index is 2.86. The highest BCUT2D eigenvalue weighted by atomic mass is 32.1. The Bertz CT molecular complexity index is 481. The van der Waals surface area contributed by atoms with Gasteiger partial charge in [-0.1, -0.05) is 0 Å². The molecule has 1 heterocycles. The van der Waals surface area contributed by atoms with E-state index in [-0.39, 0.29) is 17.0 Å². The van der Waals surface area contributed by atoms with E-state index in [0.29, 0.717) is 10.1 Å². The molecule has 1 aromatic heterocycles. The minimum Gasteiger partial charge on any atom is -0.507 e. The number of hydrogen-bond donors (Lipinski definition) is 2. The molecule has 3 N–H and O–H groups in total. The molecular weight excluding hydrogens is 208 g/mol. The predicted octanol–water partition coefficient (Wildman–Crippen LogP) is 3.13. The van der Waals surface area contributed by atoms with E-state index in [2.05, 4.69) is 0 Å². The topological polar surface area (TPSA) is 46.2 Å². The van der Waals surface area contributed by atoms with E-state index in [1.54, 1.807) is 11.4 Å². The lowest BCUT2D eigenvalue weighted by atomic mass is 10.1. The third-order valence-electron chi connectivity index (χ3n) is 2.01. The van der Waals surface area contributed by atoms with Crippen LogP contribution in [0.25, 0.3) is 10.1 Å². The van der Waals surface area contributed by atoms with Crippen LogP contribution in [0.2, 0.25) is 0 Å². The number of anilines is 1. The SMILES string of the molecule is Nc1cc(O)c2ccsc2c1C(F)F. The lowest BCUT2D eigenvalue weighted by molar-refractivity contribution is 0.154. The lowest BCUT2D eigenvalue weighted by Crippen LogP contribution is -1.94. The van der Waals surface area contributed by atoms with Gasteiger partial charge in [0.2, 0.25) is 0 Å². The molecule has 0 amide bonds. The van der Waals surface area contributed by atoms with Gasteiger partial charge in [0.1, 0.15) is 5.75 Å². The Hall–Kier alpha value is -1.36.